The van der Waals surface area contributed by atoms with Crippen molar-refractivity contribution in [2.45, 2.75) is 58.5 Å². The summed E-state index contributed by atoms with van der Waals surface area (Å²) in [5, 5.41) is 9.91. The fourth-order valence-corrected chi connectivity index (χ4v) is 1.75. The first-order valence-electron chi connectivity index (χ1n) is 4.70. The second kappa shape index (κ2) is 2.78. The van der Waals surface area contributed by atoms with Crippen LogP contribution in [-0.4, -0.2) is 10.7 Å². The van der Waals surface area contributed by atoms with Crippen molar-refractivity contribution in [1.29, 1.82) is 0 Å². The van der Waals surface area contributed by atoms with Crippen LogP contribution in [0.15, 0.2) is 0 Å². The summed E-state index contributed by atoms with van der Waals surface area (Å²) < 4.78 is 0. The van der Waals surface area contributed by atoms with Crippen LogP contribution in [0, 0.1) is 5.41 Å². The van der Waals surface area contributed by atoms with Gasteiger partial charge in [0.1, 0.15) is 0 Å². The highest BCUT2D eigenvalue weighted by Gasteiger charge is 2.34. The Labute approximate surface area is 69.8 Å². The zero-order valence-corrected chi connectivity index (χ0v) is 7.98. The van der Waals surface area contributed by atoms with Gasteiger partial charge in [0.25, 0.3) is 0 Å². The molecular formula is C10H20O. The van der Waals surface area contributed by atoms with Gasteiger partial charge in [-0.3, -0.25) is 0 Å². The topological polar surface area (TPSA) is 20.2 Å². The molecule has 1 nitrogen and oxygen atoms in total. The van der Waals surface area contributed by atoms with Crippen LogP contribution in [0.25, 0.3) is 0 Å². The van der Waals surface area contributed by atoms with Gasteiger partial charge in [0.05, 0.1) is 5.60 Å². The Hall–Kier alpha value is -0.0400. The summed E-state index contributed by atoms with van der Waals surface area (Å²) >= 11 is 0. The maximum Gasteiger partial charge on any atom is 0.0645 e. The average Bonchev–Trinajstić information content (AvgIpc) is 1.97. The molecule has 0 aromatic rings. The molecule has 1 rings (SSSR count). The van der Waals surface area contributed by atoms with Gasteiger partial charge in [-0.15, -0.1) is 0 Å². The van der Waals surface area contributed by atoms with Crippen LogP contribution in [0.5, 0.6) is 0 Å². The van der Waals surface area contributed by atoms with E-state index < -0.39 is 0 Å². The van der Waals surface area contributed by atoms with Gasteiger partial charge in [-0.05, 0) is 37.5 Å². The molecule has 0 radical (unpaired) electrons. The summed E-state index contributed by atoms with van der Waals surface area (Å²) in [4.78, 5) is 0. The molecule has 0 unspecified atom stereocenters. The summed E-state index contributed by atoms with van der Waals surface area (Å²) in [5.41, 5.74) is 0.150. The first-order chi connectivity index (χ1) is 4.97. The van der Waals surface area contributed by atoms with Gasteiger partial charge < -0.3 is 5.11 Å². The second-order valence-electron chi connectivity index (χ2n) is 4.74. The monoisotopic (exact) mass is 156 g/mol. The van der Waals surface area contributed by atoms with Crippen LogP contribution in [0.2, 0.25) is 0 Å². The minimum atomic E-state index is -0.324. The van der Waals surface area contributed by atoms with Crippen molar-refractivity contribution in [2.24, 2.45) is 5.41 Å². The van der Waals surface area contributed by atoms with Gasteiger partial charge in [0, 0.05) is 0 Å². The van der Waals surface area contributed by atoms with E-state index >= 15 is 0 Å². The molecule has 0 atom stereocenters. The van der Waals surface area contributed by atoms with E-state index in [1.807, 2.05) is 0 Å². The van der Waals surface area contributed by atoms with Gasteiger partial charge in [0.2, 0.25) is 0 Å². The molecule has 1 saturated carbocycles. The molecule has 0 aromatic heterocycles. The molecule has 1 fully saturated rings. The average molecular weight is 156 g/mol. The molecule has 66 valence electrons. The van der Waals surface area contributed by atoms with E-state index in [4.69, 9.17) is 0 Å². The third-order valence-corrected chi connectivity index (χ3v) is 3.19. The standard InChI is InChI=1S/C10H20O/c1-4-10(11)7-5-9(2,3)6-8-10/h11H,4-8H2,1-3H3. The molecule has 1 heteroatoms. The quantitative estimate of drug-likeness (QED) is 0.619. The minimum Gasteiger partial charge on any atom is -0.390 e. The number of hydrogen-bond acceptors (Lipinski definition) is 1. The third-order valence-electron chi connectivity index (χ3n) is 3.19. The van der Waals surface area contributed by atoms with Crippen LogP contribution in [0.4, 0.5) is 0 Å². The predicted octanol–water partition coefficient (Wildman–Crippen LogP) is 2.73. The van der Waals surface area contributed by atoms with Gasteiger partial charge in [-0.1, -0.05) is 20.8 Å². The summed E-state index contributed by atoms with van der Waals surface area (Å²) in [5.74, 6) is 0. The predicted molar refractivity (Wildman–Crippen MR) is 47.5 cm³/mol. The Morgan fingerprint density at radius 3 is 1.91 bits per heavy atom. The Morgan fingerprint density at radius 1 is 1.09 bits per heavy atom. The smallest absolute Gasteiger partial charge is 0.0645 e. The molecule has 0 aliphatic heterocycles. The summed E-state index contributed by atoms with van der Waals surface area (Å²) in [6.45, 7) is 6.67. The molecule has 11 heavy (non-hydrogen) atoms. The summed E-state index contributed by atoms with van der Waals surface area (Å²) in [6, 6.07) is 0. The van der Waals surface area contributed by atoms with Crippen molar-refractivity contribution in [3.8, 4) is 0 Å². The fourth-order valence-electron chi connectivity index (χ4n) is 1.75. The first-order valence-corrected chi connectivity index (χ1v) is 4.70. The van der Waals surface area contributed by atoms with Gasteiger partial charge in [-0.2, -0.15) is 0 Å². The Morgan fingerprint density at radius 2 is 1.55 bits per heavy atom. The molecule has 0 bridgehead atoms. The van der Waals surface area contributed by atoms with E-state index in [0.29, 0.717) is 5.41 Å². The SMILES string of the molecule is CCC1(O)CCC(C)(C)CC1. The van der Waals surface area contributed by atoms with Gasteiger partial charge in [0.15, 0.2) is 0 Å². The number of aliphatic hydroxyl groups is 1. The molecule has 0 spiro atoms. The van der Waals surface area contributed by atoms with Crippen LogP contribution in [-0.2, 0) is 0 Å². The van der Waals surface area contributed by atoms with Crippen molar-refractivity contribution >= 4 is 0 Å². The zero-order valence-electron chi connectivity index (χ0n) is 7.98. The van der Waals surface area contributed by atoms with E-state index in [1.165, 1.54) is 12.8 Å². The largest absolute Gasteiger partial charge is 0.390 e. The van der Waals surface area contributed by atoms with Crippen LogP contribution in [0.1, 0.15) is 52.9 Å². The highest BCUT2D eigenvalue weighted by Crippen LogP contribution is 2.41. The fraction of sp³-hybridized carbons (Fsp3) is 1.00. The van der Waals surface area contributed by atoms with Crippen LogP contribution >= 0.6 is 0 Å². The number of rotatable bonds is 1. The minimum absolute atomic E-state index is 0.324. The lowest BCUT2D eigenvalue weighted by Gasteiger charge is -2.39. The third kappa shape index (κ3) is 2.19. The zero-order chi connectivity index (χ0) is 8.54. The maximum atomic E-state index is 9.91. The van der Waals surface area contributed by atoms with Crippen molar-refractivity contribution in [3.05, 3.63) is 0 Å². The molecule has 1 aliphatic rings. The van der Waals surface area contributed by atoms with E-state index in [1.54, 1.807) is 0 Å². The summed E-state index contributed by atoms with van der Waals surface area (Å²) in [6.07, 6.45) is 5.27. The number of hydrogen-bond donors (Lipinski definition) is 1. The molecular weight excluding hydrogens is 136 g/mol. The maximum absolute atomic E-state index is 9.91. The van der Waals surface area contributed by atoms with Crippen LogP contribution < -0.4 is 0 Å². The highest BCUT2D eigenvalue weighted by atomic mass is 16.3. The summed E-state index contributed by atoms with van der Waals surface area (Å²) in [7, 11) is 0. The van der Waals surface area contributed by atoms with E-state index in [2.05, 4.69) is 20.8 Å². The van der Waals surface area contributed by atoms with Crippen molar-refractivity contribution in [1.82, 2.24) is 0 Å². The Kier molecular flexibility index (Phi) is 2.29. The molecule has 1 N–H and O–H groups in total. The molecule has 1 aliphatic carbocycles. The van der Waals surface area contributed by atoms with Gasteiger partial charge in [-0.25, -0.2) is 0 Å². The van der Waals surface area contributed by atoms with Crippen molar-refractivity contribution < 1.29 is 5.11 Å². The lowest BCUT2D eigenvalue weighted by Crippen LogP contribution is -2.36. The Bertz CT molecular complexity index is 128. The Balaban J connectivity index is 2.48. The molecule has 0 heterocycles. The second-order valence-corrected chi connectivity index (χ2v) is 4.74. The van der Waals surface area contributed by atoms with E-state index in [9.17, 15) is 5.11 Å². The normalized spacial score (nSPS) is 28.4. The molecule has 0 saturated heterocycles. The van der Waals surface area contributed by atoms with E-state index in [-0.39, 0.29) is 5.60 Å². The van der Waals surface area contributed by atoms with E-state index in [0.717, 1.165) is 19.3 Å². The molecule has 0 aromatic carbocycles. The van der Waals surface area contributed by atoms with Crippen molar-refractivity contribution in [2.75, 3.05) is 0 Å². The molecule has 0 amide bonds. The van der Waals surface area contributed by atoms with Crippen molar-refractivity contribution in [3.63, 3.8) is 0 Å². The first kappa shape index (κ1) is 9.05. The van der Waals surface area contributed by atoms with Crippen LogP contribution in [0.3, 0.4) is 0 Å². The highest BCUT2D eigenvalue weighted by molar-refractivity contribution is 4.87. The lowest BCUT2D eigenvalue weighted by atomic mass is 9.70. The van der Waals surface area contributed by atoms with Gasteiger partial charge >= 0.3 is 0 Å². The lowest BCUT2D eigenvalue weighted by molar-refractivity contribution is -0.0283.